The lowest BCUT2D eigenvalue weighted by molar-refractivity contribution is -0.125. The number of likely N-dealkylation sites (tertiary alicyclic amines) is 1. The molecular formula is C12H18F2N2O3. The molecule has 0 radical (unpaired) electrons. The highest BCUT2D eigenvalue weighted by atomic mass is 19.1. The molecule has 1 heterocycles. The number of amides is 2. The van der Waals surface area contributed by atoms with Gasteiger partial charge in [-0.25, -0.2) is 13.6 Å². The van der Waals surface area contributed by atoms with Gasteiger partial charge in [-0.1, -0.05) is 0 Å². The molecule has 1 rings (SSSR count). The summed E-state index contributed by atoms with van der Waals surface area (Å²) < 4.78 is 26.8. The molecule has 1 aliphatic rings. The molecule has 2 amide bonds. The van der Waals surface area contributed by atoms with Crippen molar-refractivity contribution in [2.45, 2.75) is 45.4 Å². The van der Waals surface area contributed by atoms with Crippen LogP contribution in [-0.2, 0) is 4.79 Å². The average Bonchev–Trinajstić information content (AvgIpc) is 2.70. The Morgan fingerprint density at radius 1 is 1.42 bits per heavy atom. The third kappa shape index (κ3) is 3.65. The highest BCUT2D eigenvalue weighted by Gasteiger charge is 2.40. The monoisotopic (exact) mass is 276 g/mol. The summed E-state index contributed by atoms with van der Waals surface area (Å²) >= 11 is 0. The van der Waals surface area contributed by atoms with E-state index < -0.39 is 36.1 Å². The molecule has 1 aliphatic heterocycles. The lowest BCUT2D eigenvalue weighted by atomic mass is 10.1. The van der Waals surface area contributed by atoms with Crippen LogP contribution < -0.4 is 5.32 Å². The van der Waals surface area contributed by atoms with E-state index in [1.807, 2.05) is 0 Å². The van der Waals surface area contributed by atoms with Crippen LogP contribution in [0.25, 0.3) is 0 Å². The summed E-state index contributed by atoms with van der Waals surface area (Å²) in [4.78, 5) is 23.5. The van der Waals surface area contributed by atoms with E-state index >= 15 is 0 Å². The van der Waals surface area contributed by atoms with Crippen LogP contribution in [0.15, 0.2) is 11.4 Å². The van der Waals surface area contributed by atoms with Crippen molar-refractivity contribution in [3.63, 3.8) is 0 Å². The number of carbonyl (C=O) groups excluding carboxylic acids is 1. The van der Waals surface area contributed by atoms with E-state index in [-0.39, 0.29) is 13.0 Å². The molecule has 2 N–H and O–H groups in total. The Labute approximate surface area is 110 Å². The number of hydrogen-bond donors (Lipinski definition) is 2. The van der Waals surface area contributed by atoms with Gasteiger partial charge in [-0.05, 0) is 26.3 Å². The molecule has 0 bridgehead atoms. The van der Waals surface area contributed by atoms with E-state index in [0.29, 0.717) is 5.57 Å². The van der Waals surface area contributed by atoms with Gasteiger partial charge in [-0.3, -0.25) is 9.69 Å². The highest BCUT2D eigenvalue weighted by molar-refractivity contribution is 5.86. The number of rotatable bonds is 3. The minimum Gasteiger partial charge on any atom is -0.465 e. The fraction of sp³-hybridized carbons (Fsp3) is 0.667. The van der Waals surface area contributed by atoms with Gasteiger partial charge in [0, 0.05) is 6.42 Å². The second-order valence-electron chi connectivity index (χ2n) is 4.86. The summed E-state index contributed by atoms with van der Waals surface area (Å²) in [5, 5.41) is 11.2. The predicted molar refractivity (Wildman–Crippen MR) is 65.1 cm³/mol. The summed E-state index contributed by atoms with van der Waals surface area (Å²) in [6.45, 7) is 4.25. The normalized spacial score (nSPS) is 23.9. The minimum absolute atomic E-state index is 0.193. The first-order valence-electron chi connectivity index (χ1n) is 6.01. The summed E-state index contributed by atoms with van der Waals surface area (Å²) in [6.07, 6.45) is -2.91. The molecule has 1 saturated heterocycles. The fourth-order valence-corrected chi connectivity index (χ4v) is 2.05. The van der Waals surface area contributed by atoms with Crippen LogP contribution in [0.5, 0.6) is 0 Å². The Hall–Kier alpha value is -1.66. The van der Waals surface area contributed by atoms with Gasteiger partial charge in [0.05, 0.1) is 12.6 Å². The average molecular weight is 276 g/mol. The summed E-state index contributed by atoms with van der Waals surface area (Å²) in [7, 11) is 0. The van der Waals surface area contributed by atoms with E-state index in [9.17, 15) is 18.4 Å². The molecule has 19 heavy (non-hydrogen) atoms. The number of nitrogens with one attached hydrogen (secondary N) is 1. The van der Waals surface area contributed by atoms with Crippen LogP contribution >= 0.6 is 0 Å². The van der Waals surface area contributed by atoms with Crippen molar-refractivity contribution in [3.8, 4) is 0 Å². The molecule has 3 atom stereocenters. The molecular weight excluding hydrogens is 258 g/mol. The van der Waals surface area contributed by atoms with Gasteiger partial charge >= 0.3 is 6.09 Å². The lowest BCUT2D eigenvalue weighted by Crippen LogP contribution is -2.48. The molecule has 0 aromatic carbocycles. The lowest BCUT2D eigenvalue weighted by Gasteiger charge is -2.22. The zero-order valence-corrected chi connectivity index (χ0v) is 11.1. The number of hydrogen-bond acceptors (Lipinski definition) is 2. The number of carboxylic acid groups (broad SMARTS) is 1. The fourth-order valence-electron chi connectivity index (χ4n) is 2.05. The van der Waals surface area contributed by atoms with Crippen LogP contribution in [0.4, 0.5) is 13.6 Å². The van der Waals surface area contributed by atoms with Crippen LogP contribution in [-0.4, -0.2) is 46.8 Å². The minimum atomic E-state index is -1.37. The van der Waals surface area contributed by atoms with E-state index in [0.717, 1.165) is 4.90 Å². The Balaban J connectivity index is 2.73. The van der Waals surface area contributed by atoms with Crippen LogP contribution in [0, 0.1) is 0 Å². The molecule has 5 nitrogen and oxygen atoms in total. The van der Waals surface area contributed by atoms with E-state index in [1.165, 1.54) is 6.92 Å². The molecule has 108 valence electrons. The number of carbonyl (C=O) groups is 2. The zero-order valence-electron chi connectivity index (χ0n) is 11.1. The molecule has 7 heteroatoms. The third-order valence-corrected chi connectivity index (χ3v) is 3.01. The Morgan fingerprint density at radius 3 is 2.47 bits per heavy atom. The van der Waals surface area contributed by atoms with Gasteiger partial charge in [0.15, 0.2) is 0 Å². The Morgan fingerprint density at radius 2 is 2.00 bits per heavy atom. The van der Waals surface area contributed by atoms with E-state index in [1.54, 1.807) is 13.8 Å². The quantitative estimate of drug-likeness (QED) is 0.826. The van der Waals surface area contributed by atoms with Gasteiger partial charge < -0.3 is 10.4 Å². The maximum absolute atomic E-state index is 13.6. The van der Waals surface area contributed by atoms with Crippen LogP contribution in [0.3, 0.4) is 0 Å². The van der Waals surface area contributed by atoms with Crippen molar-refractivity contribution in [1.82, 2.24) is 10.2 Å². The number of alkyl halides is 1. The molecule has 0 unspecified atom stereocenters. The van der Waals surface area contributed by atoms with Gasteiger partial charge in [-0.15, -0.1) is 0 Å². The van der Waals surface area contributed by atoms with E-state index in [4.69, 9.17) is 5.11 Å². The second-order valence-corrected chi connectivity index (χ2v) is 4.86. The maximum atomic E-state index is 13.6. The number of nitrogens with zero attached hydrogens (tertiary/aromatic N) is 1. The number of halogens is 2. The van der Waals surface area contributed by atoms with Crippen molar-refractivity contribution >= 4 is 12.0 Å². The van der Waals surface area contributed by atoms with Crippen LogP contribution in [0.2, 0.25) is 0 Å². The van der Waals surface area contributed by atoms with Gasteiger partial charge in [0.2, 0.25) is 5.91 Å². The molecule has 0 spiro atoms. The Kier molecular flexibility index (Phi) is 4.85. The SMILES string of the molecule is CC(C)=C(F)[C@H](C)NC(=O)[C@@H]1C[C@@H](F)CN1C(=O)O. The van der Waals surface area contributed by atoms with Crippen molar-refractivity contribution in [1.29, 1.82) is 0 Å². The Bertz CT molecular complexity index is 408. The van der Waals surface area contributed by atoms with Crippen molar-refractivity contribution in [3.05, 3.63) is 11.4 Å². The van der Waals surface area contributed by atoms with Crippen molar-refractivity contribution < 1.29 is 23.5 Å². The first-order chi connectivity index (χ1) is 8.73. The summed E-state index contributed by atoms with van der Waals surface area (Å²) in [5.74, 6) is -1.16. The molecule has 0 saturated carbocycles. The van der Waals surface area contributed by atoms with Gasteiger partial charge in [0.25, 0.3) is 0 Å². The number of allylic oxidation sites excluding steroid dienone is 1. The highest BCUT2D eigenvalue weighted by Crippen LogP contribution is 2.21. The molecule has 0 aromatic heterocycles. The van der Waals surface area contributed by atoms with Gasteiger partial charge in [-0.2, -0.15) is 0 Å². The molecule has 0 aliphatic carbocycles. The summed E-state index contributed by atoms with van der Waals surface area (Å²) in [5.41, 5.74) is 0.428. The smallest absolute Gasteiger partial charge is 0.408 e. The van der Waals surface area contributed by atoms with Gasteiger partial charge in [0.1, 0.15) is 18.0 Å². The largest absolute Gasteiger partial charge is 0.465 e. The first kappa shape index (κ1) is 15.4. The van der Waals surface area contributed by atoms with E-state index in [2.05, 4.69) is 5.32 Å². The topological polar surface area (TPSA) is 69.6 Å². The predicted octanol–water partition coefficient (Wildman–Crippen LogP) is 1.84. The second kappa shape index (κ2) is 5.99. The standard InChI is InChI=1S/C12H18F2N2O3/c1-6(2)10(14)7(3)15-11(17)9-4-8(13)5-16(9)12(18)19/h7-9H,4-5H2,1-3H3,(H,15,17)(H,18,19)/t7-,8+,9-/m0/s1. The van der Waals surface area contributed by atoms with Crippen molar-refractivity contribution in [2.75, 3.05) is 6.54 Å². The third-order valence-electron chi connectivity index (χ3n) is 3.01. The van der Waals surface area contributed by atoms with Crippen molar-refractivity contribution in [2.24, 2.45) is 0 Å². The maximum Gasteiger partial charge on any atom is 0.408 e. The zero-order chi connectivity index (χ0) is 14.7. The first-order valence-corrected chi connectivity index (χ1v) is 6.01. The molecule has 0 aromatic rings. The molecule has 1 fully saturated rings. The van der Waals surface area contributed by atoms with Crippen LogP contribution in [0.1, 0.15) is 27.2 Å². The summed E-state index contributed by atoms with van der Waals surface area (Å²) in [6, 6.07) is -1.95.